The van der Waals surface area contributed by atoms with Crippen molar-refractivity contribution in [3.05, 3.63) is 69.2 Å². The van der Waals surface area contributed by atoms with Gasteiger partial charge >= 0.3 is 0 Å². The van der Waals surface area contributed by atoms with Gasteiger partial charge in [-0.1, -0.05) is 52.1 Å². The van der Waals surface area contributed by atoms with Crippen LogP contribution in [0.5, 0.6) is 11.5 Å². The zero-order valence-electron chi connectivity index (χ0n) is 15.2. The molecule has 0 aliphatic heterocycles. The molecule has 2 aromatic rings. The van der Waals surface area contributed by atoms with Crippen molar-refractivity contribution >= 4 is 40.5 Å². The first-order valence-electron chi connectivity index (χ1n) is 8.97. The summed E-state index contributed by atoms with van der Waals surface area (Å²) >= 11 is 17.1. The molecule has 0 aromatic heterocycles. The van der Waals surface area contributed by atoms with Gasteiger partial charge < -0.3 is 14.3 Å². The second-order valence-electron chi connectivity index (χ2n) is 6.11. The van der Waals surface area contributed by atoms with Gasteiger partial charge in [-0.15, -0.1) is 0 Å². The third-order valence-corrected chi connectivity index (χ3v) is 4.73. The van der Waals surface area contributed by atoms with E-state index in [1.54, 1.807) is 18.2 Å². The lowest BCUT2D eigenvalue weighted by atomic mass is 10.1. The topological polar surface area (TPSA) is 40.0 Å². The molecule has 0 amide bonds. The SMILES string of the molecule is ClC(Cl)=CCOc1cccc2c1CC/C2=N\OCCCOc1ccc(Cl)cc1. The first-order valence-corrected chi connectivity index (χ1v) is 10.1. The normalized spacial score (nSPS) is 13.9. The van der Waals surface area contributed by atoms with Gasteiger partial charge in [0.1, 0.15) is 29.2 Å². The molecule has 3 rings (SSSR count). The van der Waals surface area contributed by atoms with Crippen molar-refractivity contribution in [2.24, 2.45) is 5.16 Å². The number of nitrogens with zero attached hydrogens (tertiary/aromatic N) is 1. The van der Waals surface area contributed by atoms with Crippen LogP contribution >= 0.6 is 34.8 Å². The lowest BCUT2D eigenvalue weighted by molar-refractivity contribution is 0.127. The summed E-state index contributed by atoms with van der Waals surface area (Å²) in [5.74, 6) is 1.61. The zero-order valence-corrected chi connectivity index (χ0v) is 17.4. The second-order valence-corrected chi connectivity index (χ2v) is 7.56. The Kier molecular flexibility index (Phi) is 7.90. The van der Waals surface area contributed by atoms with Crippen molar-refractivity contribution in [1.29, 1.82) is 0 Å². The molecule has 0 fully saturated rings. The Morgan fingerprint density at radius 2 is 1.82 bits per heavy atom. The largest absolute Gasteiger partial charge is 0.493 e. The average Bonchev–Trinajstić information content (AvgIpc) is 3.10. The molecule has 28 heavy (non-hydrogen) atoms. The van der Waals surface area contributed by atoms with Crippen LogP contribution in [0.2, 0.25) is 5.02 Å². The van der Waals surface area contributed by atoms with Crippen molar-refractivity contribution in [2.45, 2.75) is 19.3 Å². The second kappa shape index (κ2) is 10.6. The van der Waals surface area contributed by atoms with Gasteiger partial charge in [0, 0.05) is 22.6 Å². The van der Waals surface area contributed by atoms with E-state index in [0.717, 1.165) is 47.6 Å². The highest BCUT2D eigenvalue weighted by atomic mass is 35.5. The van der Waals surface area contributed by atoms with Crippen LogP contribution in [0.1, 0.15) is 24.0 Å². The number of ether oxygens (including phenoxy) is 2. The summed E-state index contributed by atoms with van der Waals surface area (Å²) < 4.78 is 11.6. The molecule has 0 spiro atoms. The molecule has 4 nitrogen and oxygen atoms in total. The van der Waals surface area contributed by atoms with E-state index >= 15 is 0 Å². The summed E-state index contributed by atoms with van der Waals surface area (Å²) in [6.45, 7) is 1.37. The Morgan fingerprint density at radius 3 is 2.61 bits per heavy atom. The zero-order chi connectivity index (χ0) is 19.8. The van der Waals surface area contributed by atoms with Gasteiger partial charge in [0.15, 0.2) is 0 Å². The Labute approximate surface area is 179 Å². The van der Waals surface area contributed by atoms with Crippen LogP contribution in [0.4, 0.5) is 0 Å². The van der Waals surface area contributed by atoms with Gasteiger partial charge in [0.25, 0.3) is 0 Å². The molecule has 1 aliphatic rings. The molecular weight excluding hydrogens is 421 g/mol. The van der Waals surface area contributed by atoms with Crippen LogP contribution in [0.25, 0.3) is 0 Å². The minimum absolute atomic E-state index is 0.197. The summed E-state index contributed by atoms with van der Waals surface area (Å²) in [6, 6.07) is 13.2. The van der Waals surface area contributed by atoms with E-state index in [4.69, 9.17) is 49.1 Å². The molecular formula is C21H20Cl3NO3. The number of rotatable bonds is 9. The van der Waals surface area contributed by atoms with Crippen LogP contribution in [0, 0.1) is 0 Å². The van der Waals surface area contributed by atoms with Crippen molar-refractivity contribution in [3.8, 4) is 11.5 Å². The minimum atomic E-state index is 0.197. The van der Waals surface area contributed by atoms with Crippen LogP contribution in [-0.4, -0.2) is 25.5 Å². The van der Waals surface area contributed by atoms with Gasteiger partial charge in [-0.05, 0) is 49.2 Å². The monoisotopic (exact) mass is 439 g/mol. The van der Waals surface area contributed by atoms with Crippen LogP contribution < -0.4 is 9.47 Å². The van der Waals surface area contributed by atoms with Gasteiger partial charge in [-0.25, -0.2) is 0 Å². The molecule has 0 N–H and O–H groups in total. The van der Waals surface area contributed by atoms with Crippen LogP contribution in [-0.2, 0) is 11.3 Å². The Bertz CT molecular complexity index is 846. The van der Waals surface area contributed by atoms with Gasteiger partial charge in [-0.2, -0.15) is 0 Å². The maximum Gasteiger partial charge on any atom is 0.123 e. The molecule has 148 valence electrons. The molecule has 0 atom stereocenters. The van der Waals surface area contributed by atoms with Crippen molar-refractivity contribution < 1.29 is 14.3 Å². The molecule has 1 aliphatic carbocycles. The maximum atomic E-state index is 5.85. The molecule has 0 heterocycles. The summed E-state index contributed by atoms with van der Waals surface area (Å²) in [7, 11) is 0. The van der Waals surface area contributed by atoms with Crippen molar-refractivity contribution in [2.75, 3.05) is 19.8 Å². The first-order chi connectivity index (χ1) is 13.6. The van der Waals surface area contributed by atoms with Crippen molar-refractivity contribution in [3.63, 3.8) is 0 Å². The predicted octanol–water partition coefficient (Wildman–Crippen LogP) is 6.17. The molecule has 2 aromatic carbocycles. The number of halogens is 3. The third-order valence-electron chi connectivity index (χ3n) is 4.17. The molecule has 7 heteroatoms. The van der Waals surface area contributed by atoms with Gasteiger partial charge in [-0.3, -0.25) is 0 Å². The number of hydrogen-bond donors (Lipinski definition) is 0. The number of benzene rings is 2. The predicted molar refractivity (Wildman–Crippen MR) is 114 cm³/mol. The van der Waals surface area contributed by atoms with Crippen LogP contribution in [0.3, 0.4) is 0 Å². The number of fused-ring (bicyclic) bond motifs is 1. The first kappa shape index (κ1) is 20.8. The fourth-order valence-corrected chi connectivity index (χ4v) is 3.12. The molecule has 0 saturated carbocycles. The lowest BCUT2D eigenvalue weighted by Crippen LogP contribution is -2.03. The van der Waals surface area contributed by atoms with Gasteiger partial charge in [0.2, 0.25) is 0 Å². The quantitative estimate of drug-likeness (QED) is 0.345. The fourth-order valence-electron chi connectivity index (χ4n) is 2.86. The number of oxime groups is 1. The Morgan fingerprint density at radius 1 is 1.00 bits per heavy atom. The Hall–Kier alpha value is -1.88. The maximum absolute atomic E-state index is 5.85. The van der Waals surface area contributed by atoms with Crippen LogP contribution in [0.15, 0.2) is 58.2 Å². The smallest absolute Gasteiger partial charge is 0.123 e. The summed E-state index contributed by atoms with van der Waals surface area (Å²) in [6.07, 6.45) is 4.04. The summed E-state index contributed by atoms with van der Waals surface area (Å²) in [4.78, 5) is 5.49. The van der Waals surface area contributed by atoms with E-state index in [1.165, 1.54) is 0 Å². The number of hydrogen-bond acceptors (Lipinski definition) is 4. The molecule has 0 saturated heterocycles. The highest BCUT2D eigenvalue weighted by Crippen LogP contribution is 2.31. The van der Waals surface area contributed by atoms with E-state index in [1.807, 2.05) is 30.3 Å². The third kappa shape index (κ3) is 6.06. The standard InChI is InChI=1S/C21H20Cl3NO3/c22-15-5-7-16(8-6-15)26-12-2-13-28-25-19-10-9-18-17(19)3-1-4-20(18)27-14-11-21(23)24/h1,3-8,11H,2,9-10,12-14H2/b25-19+. The van der Waals surface area contributed by atoms with E-state index in [2.05, 4.69) is 5.16 Å². The van der Waals surface area contributed by atoms with E-state index in [-0.39, 0.29) is 4.49 Å². The van der Waals surface area contributed by atoms with E-state index < -0.39 is 0 Å². The Balaban J connectivity index is 1.46. The molecule has 0 radical (unpaired) electrons. The molecule has 0 unspecified atom stereocenters. The summed E-state index contributed by atoms with van der Waals surface area (Å²) in [5.41, 5.74) is 3.14. The minimum Gasteiger partial charge on any atom is -0.493 e. The highest BCUT2D eigenvalue weighted by molar-refractivity contribution is 6.55. The van der Waals surface area contributed by atoms with E-state index in [0.29, 0.717) is 24.8 Å². The fraction of sp³-hybridized carbons (Fsp3) is 0.286. The average molecular weight is 441 g/mol. The highest BCUT2D eigenvalue weighted by Gasteiger charge is 2.21. The lowest BCUT2D eigenvalue weighted by Gasteiger charge is -2.09. The summed E-state index contributed by atoms with van der Waals surface area (Å²) in [5, 5.41) is 5.00. The molecule has 0 bridgehead atoms. The van der Waals surface area contributed by atoms with Crippen molar-refractivity contribution in [1.82, 2.24) is 0 Å². The van der Waals surface area contributed by atoms with E-state index in [9.17, 15) is 0 Å². The van der Waals surface area contributed by atoms with Gasteiger partial charge in [0.05, 0.1) is 12.3 Å².